The molecule has 94 valence electrons. The highest BCUT2D eigenvalue weighted by Gasteiger charge is 2.20. The molecule has 0 radical (unpaired) electrons. The van der Waals surface area contributed by atoms with E-state index in [0.717, 1.165) is 0 Å². The molecule has 1 aromatic rings. The summed E-state index contributed by atoms with van der Waals surface area (Å²) in [6, 6.07) is 3.64. The third-order valence-electron chi connectivity index (χ3n) is 2.39. The molecule has 3 nitrogen and oxygen atoms in total. The monoisotopic (exact) mass is 262 g/mol. The van der Waals surface area contributed by atoms with Gasteiger partial charge in [0.15, 0.2) is 6.61 Å². The van der Waals surface area contributed by atoms with Gasteiger partial charge in [0.25, 0.3) is 6.43 Å². The molecular weight excluding hydrogens is 250 g/mol. The fraction of sp³-hybridized carbons (Fsp3) is 0.545. The molecule has 1 heterocycles. The van der Waals surface area contributed by atoms with Crippen molar-refractivity contribution in [3.05, 3.63) is 22.8 Å². The van der Waals surface area contributed by atoms with Gasteiger partial charge in [-0.05, 0) is 18.9 Å². The fourth-order valence-corrected chi connectivity index (χ4v) is 1.52. The third-order valence-corrected chi connectivity index (χ3v) is 2.73. The first-order valence-electron chi connectivity index (χ1n) is 5.45. The Balaban J connectivity index is 1.94. The summed E-state index contributed by atoms with van der Waals surface area (Å²) < 4.78 is 28.8. The molecule has 1 saturated carbocycles. The van der Waals surface area contributed by atoms with Crippen LogP contribution in [0.15, 0.2) is 12.1 Å². The number of nitrogens with zero attached hydrogens (tertiary/aromatic N) is 1. The summed E-state index contributed by atoms with van der Waals surface area (Å²) in [5.74, 6) is 0.183. The van der Waals surface area contributed by atoms with Gasteiger partial charge in [0.05, 0.1) is 10.7 Å². The molecule has 1 fully saturated rings. The molecule has 17 heavy (non-hydrogen) atoms. The zero-order valence-corrected chi connectivity index (χ0v) is 9.88. The molecule has 0 atom stereocenters. The standard InChI is InChI=1S/C11H13ClF2N2O/c12-8-3-4-11(17-6-10(13)14)16-9(8)5-15-7-1-2-7/h3-4,7,10,15H,1-2,5-6H2. The van der Waals surface area contributed by atoms with Crippen molar-refractivity contribution in [2.75, 3.05) is 6.61 Å². The molecule has 0 saturated heterocycles. The van der Waals surface area contributed by atoms with E-state index in [2.05, 4.69) is 10.3 Å². The minimum absolute atomic E-state index is 0.183. The van der Waals surface area contributed by atoms with Crippen LogP contribution in [0.4, 0.5) is 8.78 Å². The SMILES string of the molecule is FC(F)COc1ccc(Cl)c(CNC2CC2)n1. The van der Waals surface area contributed by atoms with Crippen LogP contribution in [0.25, 0.3) is 0 Å². The van der Waals surface area contributed by atoms with Crippen molar-refractivity contribution in [2.24, 2.45) is 0 Å². The average Bonchev–Trinajstić information content (AvgIpc) is 3.10. The molecule has 6 heteroatoms. The summed E-state index contributed by atoms with van der Waals surface area (Å²) in [6.45, 7) is -0.112. The zero-order valence-electron chi connectivity index (χ0n) is 9.13. The highest BCUT2D eigenvalue weighted by molar-refractivity contribution is 6.31. The van der Waals surface area contributed by atoms with E-state index in [9.17, 15) is 8.78 Å². The molecule has 0 amide bonds. The maximum Gasteiger partial charge on any atom is 0.272 e. The van der Waals surface area contributed by atoms with E-state index in [1.54, 1.807) is 6.07 Å². The Hall–Kier alpha value is -0.940. The fourth-order valence-electron chi connectivity index (χ4n) is 1.35. The number of alkyl halides is 2. The van der Waals surface area contributed by atoms with Gasteiger partial charge >= 0.3 is 0 Å². The van der Waals surface area contributed by atoms with Crippen LogP contribution in [0.1, 0.15) is 18.5 Å². The lowest BCUT2D eigenvalue weighted by Gasteiger charge is -2.08. The first kappa shape index (κ1) is 12.5. The predicted molar refractivity (Wildman–Crippen MR) is 60.6 cm³/mol. The normalized spacial score (nSPS) is 15.3. The summed E-state index contributed by atoms with van der Waals surface area (Å²) in [5, 5.41) is 3.77. The number of hydrogen-bond acceptors (Lipinski definition) is 3. The zero-order chi connectivity index (χ0) is 12.3. The molecule has 0 unspecified atom stereocenters. The minimum Gasteiger partial charge on any atom is -0.472 e. The van der Waals surface area contributed by atoms with E-state index in [-0.39, 0.29) is 5.88 Å². The Morgan fingerprint density at radius 1 is 1.47 bits per heavy atom. The van der Waals surface area contributed by atoms with Gasteiger partial charge in [-0.3, -0.25) is 0 Å². The average molecular weight is 263 g/mol. The van der Waals surface area contributed by atoms with Gasteiger partial charge in [-0.25, -0.2) is 13.8 Å². The number of halogens is 3. The third kappa shape index (κ3) is 4.09. The van der Waals surface area contributed by atoms with Crippen LogP contribution < -0.4 is 10.1 Å². The van der Waals surface area contributed by atoms with E-state index < -0.39 is 13.0 Å². The van der Waals surface area contributed by atoms with Crippen molar-refractivity contribution in [3.8, 4) is 5.88 Å². The van der Waals surface area contributed by atoms with Gasteiger partial charge in [-0.2, -0.15) is 0 Å². The van der Waals surface area contributed by atoms with Crippen molar-refractivity contribution >= 4 is 11.6 Å². The van der Waals surface area contributed by atoms with Gasteiger partial charge in [0.1, 0.15) is 0 Å². The van der Waals surface area contributed by atoms with E-state index in [4.69, 9.17) is 16.3 Å². The summed E-state index contributed by atoms with van der Waals surface area (Å²) in [4.78, 5) is 4.09. The topological polar surface area (TPSA) is 34.1 Å². The molecule has 0 spiro atoms. The lowest BCUT2D eigenvalue weighted by atomic mass is 10.3. The summed E-state index contributed by atoms with van der Waals surface area (Å²) in [6.07, 6.45) is -0.168. The van der Waals surface area contributed by atoms with Crippen LogP contribution in [0, 0.1) is 0 Å². The van der Waals surface area contributed by atoms with E-state index >= 15 is 0 Å². The van der Waals surface area contributed by atoms with Crippen LogP contribution in [-0.4, -0.2) is 24.1 Å². The molecule has 0 bridgehead atoms. The first-order chi connectivity index (χ1) is 8.15. The van der Waals surface area contributed by atoms with Crippen LogP contribution in [0.3, 0.4) is 0 Å². The second-order valence-electron chi connectivity index (χ2n) is 3.94. The summed E-state index contributed by atoms with van der Waals surface area (Å²) >= 11 is 5.96. The Kier molecular flexibility index (Phi) is 4.12. The maximum atomic E-state index is 12.0. The molecule has 1 N–H and O–H groups in total. The number of nitrogens with one attached hydrogen (secondary N) is 1. The molecule has 0 aromatic carbocycles. The molecular formula is C11H13ClF2N2O. The molecule has 1 aromatic heterocycles. The predicted octanol–water partition coefficient (Wildman–Crippen LogP) is 2.63. The lowest BCUT2D eigenvalue weighted by Crippen LogP contribution is -2.17. The second-order valence-corrected chi connectivity index (χ2v) is 4.34. The highest BCUT2D eigenvalue weighted by Crippen LogP contribution is 2.22. The van der Waals surface area contributed by atoms with Gasteiger partial charge in [-0.1, -0.05) is 11.6 Å². The van der Waals surface area contributed by atoms with E-state index in [1.165, 1.54) is 18.9 Å². The van der Waals surface area contributed by atoms with Gasteiger partial charge in [0, 0.05) is 18.7 Å². The quantitative estimate of drug-likeness (QED) is 0.856. The summed E-state index contributed by atoms with van der Waals surface area (Å²) in [7, 11) is 0. The van der Waals surface area contributed by atoms with Gasteiger partial charge in [0.2, 0.25) is 5.88 Å². The van der Waals surface area contributed by atoms with Crippen LogP contribution in [0.5, 0.6) is 5.88 Å². The first-order valence-corrected chi connectivity index (χ1v) is 5.82. The molecule has 0 aliphatic heterocycles. The highest BCUT2D eigenvalue weighted by atomic mass is 35.5. The Morgan fingerprint density at radius 2 is 2.24 bits per heavy atom. The van der Waals surface area contributed by atoms with Crippen LogP contribution >= 0.6 is 11.6 Å². The Labute approximate surface area is 103 Å². The maximum absolute atomic E-state index is 12.0. The van der Waals surface area contributed by atoms with Gasteiger partial charge in [-0.15, -0.1) is 0 Å². The molecule has 1 aliphatic carbocycles. The Morgan fingerprint density at radius 3 is 2.88 bits per heavy atom. The van der Waals surface area contributed by atoms with Crippen molar-refractivity contribution in [1.82, 2.24) is 10.3 Å². The Bertz CT molecular complexity index is 386. The van der Waals surface area contributed by atoms with E-state index in [0.29, 0.717) is 23.3 Å². The molecule has 2 rings (SSSR count). The van der Waals surface area contributed by atoms with Crippen molar-refractivity contribution in [2.45, 2.75) is 31.9 Å². The number of rotatable bonds is 6. The largest absolute Gasteiger partial charge is 0.472 e. The second kappa shape index (κ2) is 5.60. The molecule has 1 aliphatic rings. The van der Waals surface area contributed by atoms with Crippen LogP contribution in [0.2, 0.25) is 5.02 Å². The van der Waals surface area contributed by atoms with Crippen molar-refractivity contribution in [3.63, 3.8) is 0 Å². The summed E-state index contributed by atoms with van der Waals surface area (Å²) in [5.41, 5.74) is 0.630. The lowest BCUT2D eigenvalue weighted by molar-refractivity contribution is 0.0795. The van der Waals surface area contributed by atoms with E-state index in [1.807, 2.05) is 0 Å². The van der Waals surface area contributed by atoms with Crippen LogP contribution in [-0.2, 0) is 6.54 Å². The number of pyridine rings is 1. The number of aromatic nitrogens is 1. The minimum atomic E-state index is -2.50. The van der Waals surface area contributed by atoms with Gasteiger partial charge < -0.3 is 10.1 Å². The van der Waals surface area contributed by atoms with Crippen molar-refractivity contribution < 1.29 is 13.5 Å². The number of ether oxygens (including phenoxy) is 1. The smallest absolute Gasteiger partial charge is 0.272 e. The number of hydrogen-bond donors (Lipinski definition) is 1. The van der Waals surface area contributed by atoms with Crippen molar-refractivity contribution in [1.29, 1.82) is 0 Å².